The Hall–Kier alpha value is -4.31. The van der Waals surface area contributed by atoms with Crippen LogP contribution in [0.4, 0.5) is 4.79 Å². The molecular weight excluding hydrogens is 775 g/mol. The SMILES string of the molecule is CCOC(=O)C1=C(C)NC(=O)N[C@H]1c1ccc(OCC(=O)N/N=C\c2cc(I)c(OCc3ccc(Br)cc3)c(OC)c2)c(OC)c1. The molecule has 0 saturated carbocycles. The molecule has 3 aromatic rings. The molecule has 3 N–H and O–H groups in total. The predicted molar refractivity (Wildman–Crippen MR) is 182 cm³/mol. The molecule has 0 spiro atoms. The first-order chi connectivity index (χ1) is 22.1. The van der Waals surface area contributed by atoms with Crippen molar-refractivity contribution in [3.05, 3.63) is 90.6 Å². The maximum Gasteiger partial charge on any atom is 0.338 e. The Balaban J connectivity index is 1.37. The Morgan fingerprint density at radius 3 is 2.46 bits per heavy atom. The van der Waals surface area contributed by atoms with Gasteiger partial charge in [0, 0.05) is 10.2 Å². The average Bonchev–Trinajstić information content (AvgIpc) is 3.03. The summed E-state index contributed by atoms with van der Waals surface area (Å²) in [6.07, 6.45) is 1.49. The summed E-state index contributed by atoms with van der Waals surface area (Å²) in [4.78, 5) is 37.3. The summed E-state index contributed by atoms with van der Waals surface area (Å²) >= 11 is 5.59. The number of hydrazone groups is 1. The van der Waals surface area contributed by atoms with E-state index in [0.29, 0.717) is 40.7 Å². The van der Waals surface area contributed by atoms with Gasteiger partial charge in [0.15, 0.2) is 29.6 Å². The first-order valence-corrected chi connectivity index (χ1v) is 15.8. The smallest absolute Gasteiger partial charge is 0.338 e. The van der Waals surface area contributed by atoms with Gasteiger partial charge in [-0.1, -0.05) is 34.1 Å². The van der Waals surface area contributed by atoms with Gasteiger partial charge in [0.25, 0.3) is 5.91 Å². The molecule has 0 saturated heterocycles. The Morgan fingerprint density at radius 2 is 1.76 bits per heavy atom. The van der Waals surface area contributed by atoms with Crippen molar-refractivity contribution in [1.29, 1.82) is 0 Å². The second kappa shape index (κ2) is 16.3. The zero-order valence-electron chi connectivity index (χ0n) is 25.4. The number of hydrogen-bond donors (Lipinski definition) is 3. The molecule has 0 unspecified atom stereocenters. The highest BCUT2D eigenvalue weighted by Gasteiger charge is 2.32. The summed E-state index contributed by atoms with van der Waals surface area (Å²) in [5, 5.41) is 9.37. The maximum absolute atomic E-state index is 12.6. The zero-order valence-corrected chi connectivity index (χ0v) is 29.2. The van der Waals surface area contributed by atoms with Crippen molar-refractivity contribution in [2.45, 2.75) is 26.5 Å². The topological polar surface area (TPSA) is 146 Å². The number of carbonyl (C=O) groups excluding carboxylic acids is 3. The van der Waals surface area contributed by atoms with E-state index in [1.165, 1.54) is 13.3 Å². The summed E-state index contributed by atoms with van der Waals surface area (Å²) in [5.41, 5.74) is 5.35. The molecular formula is C32H32BrIN4O8. The van der Waals surface area contributed by atoms with Crippen LogP contribution < -0.4 is 35.0 Å². The number of halogens is 2. The zero-order chi connectivity index (χ0) is 33.2. The van der Waals surface area contributed by atoms with Gasteiger partial charge in [-0.2, -0.15) is 5.10 Å². The summed E-state index contributed by atoms with van der Waals surface area (Å²) in [6.45, 7) is 3.53. The standard InChI is InChI=1S/C32H32BrIN4O8/c1-5-44-31(40)28-18(2)36-32(41)37-29(28)21-8-11-24(25(14-21)42-3)45-17-27(39)38-35-15-20-12-23(34)30(26(13-20)43-4)46-16-19-6-9-22(33)10-7-19/h6-15,29H,5,16-17H2,1-4H3,(H,38,39)(H2,36,37,41)/b35-15-/t29-/m0/s1. The van der Waals surface area contributed by atoms with Crippen LogP contribution in [0.3, 0.4) is 0 Å². The minimum Gasteiger partial charge on any atom is -0.493 e. The molecule has 12 nitrogen and oxygen atoms in total. The molecule has 46 heavy (non-hydrogen) atoms. The van der Waals surface area contributed by atoms with Crippen LogP contribution in [0.15, 0.2) is 75.4 Å². The lowest BCUT2D eigenvalue weighted by Gasteiger charge is -2.28. The number of ether oxygens (including phenoxy) is 5. The van der Waals surface area contributed by atoms with Crippen LogP contribution in [-0.4, -0.2) is 51.6 Å². The lowest BCUT2D eigenvalue weighted by molar-refractivity contribution is -0.139. The van der Waals surface area contributed by atoms with Gasteiger partial charge < -0.3 is 34.3 Å². The van der Waals surface area contributed by atoms with Crippen LogP contribution >= 0.6 is 38.5 Å². The number of urea groups is 1. The lowest BCUT2D eigenvalue weighted by Crippen LogP contribution is -2.45. The number of rotatable bonds is 13. The molecule has 1 atom stereocenters. The molecule has 14 heteroatoms. The van der Waals surface area contributed by atoms with Gasteiger partial charge in [-0.25, -0.2) is 15.0 Å². The quantitative estimate of drug-likeness (QED) is 0.0906. The number of carbonyl (C=O) groups is 3. The molecule has 3 aromatic carbocycles. The van der Waals surface area contributed by atoms with E-state index in [2.05, 4.69) is 59.7 Å². The number of benzene rings is 3. The Morgan fingerprint density at radius 1 is 1.02 bits per heavy atom. The van der Waals surface area contributed by atoms with Crippen molar-refractivity contribution in [3.8, 4) is 23.0 Å². The third kappa shape index (κ3) is 8.90. The number of nitrogens with zero attached hydrogens (tertiary/aromatic N) is 1. The summed E-state index contributed by atoms with van der Waals surface area (Å²) < 4.78 is 29.7. The number of esters is 1. The second-order valence-electron chi connectivity index (χ2n) is 9.73. The van der Waals surface area contributed by atoms with Crippen LogP contribution in [0.5, 0.6) is 23.0 Å². The molecule has 1 aliphatic heterocycles. The Bertz CT molecular complexity index is 1660. The van der Waals surface area contributed by atoms with Crippen LogP contribution in [0.1, 0.15) is 36.6 Å². The molecule has 0 aliphatic carbocycles. The van der Waals surface area contributed by atoms with E-state index in [9.17, 15) is 14.4 Å². The van der Waals surface area contributed by atoms with Gasteiger partial charge in [-0.15, -0.1) is 0 Å². The molecule has 0 aromatic heterocycles. The highest BCUT2D eigenvalue weighted by atomic mass is 127. The monoisotopic (exact) mass is 806 g/mol. The van der Waals surface area contributed by atoms with E-state index in [4.69, 9.17) is 23.7 Å². The minimum absolute atomic E-state index is 0.182. The molecule has 3 amide bonds. The highest BCUT2D eigenvalue weighted by molar-refractivity contribution is 14.1. The summed E-state index contributed by atoms with van der Waals surface area (Å²) in [5.74, 6) is 0.648. The predicted octanol–water partition coefficient (Wildman–Crippen LogP) is 5.37. The number of nitrogens with one attached hydrogen (secondary N) is 3. The van der Waals surface area contributed by atoms with Gasteiger partial charge in [-0.05, 0) is 89.5 Å². The molecule has 0 bridgehead atoms. The molecule has 4 rings (SSSR count). The maximum atomic E-state index is 12.6. The van der Waals surface area contributed by atoms with E-state index >= 15 is 0 Å². The molecule has 242 valence electrons. The number of hydrogen-bond acceptors (Lipinski definition) is 9. The van der Waals surface area contributed by atoms with Crippen molar-refractivity contribution < 1.29 is 38.1 Å². The van der Waals surface area contributed by atoms with E-state index in [1.54, 1.807) is 45.2 Å². The molecule has 1 aliphatic rings. The second-order valence-corrected chi connectivity index (χ2v) is 11.8. The molecule has 0 fully saturated rings. The van der Waals surface area contributed by atoms with Crippen molar-refractivity contribution in [2.75, 3.05) is 27.4 Å². The van der Waals surface area contributed by atoms with Gasteiger partial charge in [-0.3, -0.25) is 4.79 Å². The average molecular weight is 807 g/mol. The Labute approximate surface area is 288 Å². The first kappa shape index (κ1) is 34.6. The fourth-order valence-electron chi connectivity index (χ4n) is 4.45. The van der Waals surface area contributed by atoms with E-state index in [-0.39, 0.29) is 24.5 Å². The third-order valence-corrected chi connectivity index (χ3v) is 7.93. The van der Waals surface area contributed by atoms with Crippen molar-refractivity contribution in [1.82, 2.24) is 16.1 Å². The van der Waals surface area contributed by atoms with Crippen LogP contribution in [0.25, 0.3) is 0 Å². The Kier molecular flexibility index (Phi) is 12.3. The number of methoxy groups -OCH3 is 2. The number of allylic oxidation sites excluding steroid dienone is 1. The van der Waals surface area contributed by atoms with Gasteiger partial charge in [0.1, 0.15) is 6.61 Å². The fraction of sp³-hybridized carbons (Fsp3) is 0.250. The normalized spacial score (nSPS) is 14.3. The van der Waals surface area contributed by atoms with E-state index < -0.39 is 23.9 Å². The van der Waals surface area contributed by atoms with Crippen molar-refractivity contribution in [3.63, 3.8) is 0 Å². The molecule has 1 heterocycles. The largest absolute Gasteiger partial charge is 0.493 e. The van der Waals surface area contributed by atoms with Crippen molar-refractivity contribution in [2.24, 2.45) is 5.10 Å². The summed E-state index contributed by atoms with van der Waals surface area (Å²) in [7, 11) is 3.00. The minimum atomic E-state index is -0.776. The number of amides is 3. The van der Waals surface area contributed by atoms with Gasteiger partial charge in [0.2, 0.25) is 0 Å². The van der Waals surface area contributed by atoms with Crippen LogP contribution in [0.2, 0.25) is 0 Å². The van der Waals surface area contributed by atoms with E-state index in [0.717, 1.165) is 13.6 Å². The van der Waals surface area contributed by atoms with Crippen LogP contribution in [-0.2, 0) is 20.9 Å². The van der Waals surface area contributed by atoms with Crippen LogP contribution in [0, 0.1) is 3.57 Å². The first-order valence-electron chi connectivity index (χ1n) is 14.0. The molecule has 0 radical (unpaired) electrons. The third-order valence-electron chi connectivity index (χ3n) is 6.60. The van der Waals surface area contributed by atoms with Crippen molar-refractivity contribution >= 4 is 62.6 Å². The van der Waals surface area contributed by atoms with E-state index in [1.807, 2.05) is 30.3 Å². The fourth-order valence-corrected chi connectivity index (χ4v) is 5.50. The summed E-state index contributed by atoms with van der Waals surface area (Å²) in [6, 6.07) is 15.1. The van der Waals surface area contributed by atoms with Gasteiger partial charge >= 0.3 is 12.0 Å². The van der Waals surface area contributed by atoms with Gasteiger partial charge in [0.05, 0.1) is 42.2 Å². The lowest BCUT2D eigenvalue weighted by atomic mass is 9.95. The highest BCUT2D eigenvalue weighted by Crippen LogP contribution is 2.35.